The highest BCUT2D eigenvalue weighted by Crippen LogP contribution is 2.48. The molecule has 5 heteroatoms. The van der Waals surface area contributed by atoms with E-state index in [1.807, 2.05) is 0 Å². The van der Waals surface area contributed by atoms with Gasteiger partial charge in [-0.15, -0.1) is 0 Å². The van der Waals surface area contributed by atoms with Gasteiger partial charge in [0.1, 0.15) is 0 Å². The van der Waals surface area contributed by atoms with Crippen molar-refractivity contribution in [3.05, 3.63) is 0 Å². The van der Waals surface area contributed by atoms with E-state index in [1.54, 1.807) is 20.8 Å². The zero-order valence-corrected chi connectivity index (χ0v) is 10.7. The second-order valence-electron chi connectivity index (χ2n) is 5.48. The first-order chi connectivity index (χ1) is 6.72. The van der Waals surface area contributed by atoms with Gasteiger partial charge in [0, 0.05) is 6.54 Å². The normalized spacial score (nSPS) is 20.3. The number of rotatable bonds is 5. The first kappa shape index (κ1) is 12.9. The summed E-state index contributed by atoms with van der Waals surface area (Å²) in [6.45, 7) is 6.30. The van der Waals surface area contributed by atoms with Crippen molar-refractivity contribution < 1.29 is 8.42 Å². The highest BCUT2D eigenvalue weighted by atomic mass is 32.2. The molecule has 0 saturated heterocycles. The highest BCUT2D eigenvalue weighted by Gasteiger charge is 2.43. The fourth-order valence-corrected chi connectivity index (χ4v) is 2.39. The Kier molecular flexibility index (Phi) is 3.48. The van der Waals surface area contributed by atoms with Crippen LogP contribution < -0.4 is 10.5 Å². The molecule has 0 aromatic rings. The first-order valence-corrected chi connectivity index (χ1v) is 6.90. The lowest BCUT2D eigenvalue weighted by Gasteiger charge is -2.22. The summed E-state index contributed by atoms with van der Waals surface area (Å²) in [6.07, 6.45) is 3.10. The molecule has 3 N–H and O–H groups in total. The fourth-order valence-electron chi connectivity index (χ4n) is 1.46. The molecule has 0 bridgehead atoms. The molecule has 0 amide bonds. The highest BCUT2D eigenvalue weighted by molar-refractivity contribution is 7.90. The largest absolute Gasteiger partial charge is 0.330 e. The van der Waals surface area contributed by atoms with E-state index in [0.29, 0.717) is 13.1 Å². The Morgan fingerprint density at radius 2 is 1.87 bits per heavy atom. The van der Waals surface area contributed by atoms with Gasteiger partial charge in [0.05, 0.1) is 4.75 Å². The van der Waals surface area contributed by atoms with E-state index in [-0.39, 0.29) is 5.41 Å². The topological polar surface area (TPSA) is 72.2 Å². The maximum absolute atomic E-state index is 11.8. The lowest BCUT2D eigenvalue weighted by molar-refractivity contribution is 0.455. The van der Waals surface area contributed by atoms with Gasteiger partial charge in [-0.3, -0.25) is 0 Å². The Morgan fingerprint density at radius 3 is 2.20 bits per heavy atom. The van der Waals surface area contributed by atoms with Gasteiger partial charge in [0.2, 0.25) is 10.0 Å². The van der Waals surface area contributed by atoms with Crippen molar-refractivity contribution in [1.82, 2.24) is 4.72 Å². The van der Waals surface area contributed by atoms with Crippen molar-refractivity contribution in [1.29, 1.82) is 0 Å². The van der Waals surface area contributed by atoms with Gasteiger partial charge in [0.15, 0.2) is 0 Å². The molecule has 0 aliphatic heterocycles. The van der Waals surface area contributed by atoms with Crippen LogP contribution in [-0.4, -0.2) is 26.3 Å². The van der Waals surface area contributed by atoms with Gasteiger partial charge >= 0.3 is 0 Å². The summed E-state index contributed by atoms with van der Waals surface area (Å²) in [6, 6.07) is 0. The molecule has 1 saturated carbocycles. The average molecular weight is 234 g/mol. The standard InChI is InChI=1S/C10H22N2O2S/c1-9(2,3)15(13,14)12-8-10(4-5-10)6-7-11/h12H,4-8,11H2,1-3H3. The van der Waals surface area contributed by atoms with Crippen molar-refractivity contribution in [2.75, 3.05) is 13.1 Å². The number of nitrogens with two attached hydrogens (primary N) is 1. The summed E-state index contributed by atoms with van der Waals surface area (Å²) >= 11 is 0. The van der Waals surface area contributed by atoms with Crippen LogP contribution in [0, 0.1) is 5.41 Å². The quantitative estimate of drug-likeness (QED) is 0.740. The van der Waals surface area contributed by atoms with Crippen molar-refractivity contribution in [3.63, 3.8) is 0 Å². The van der Waals surface area contributed by atoms with Crippen LogP contribution in [-0.2, 0) is 10.0 Å². The Labute approximate surface area is 92.7 Å². The van der Waals surface area contributed by atoms with Gasteiger partial charge in [-0.25, -0.2) is 13.1 Å². The molecule has 1 aliphatic carbocycles. The van der Waals surface area contributed by atoms with Crippen LogP contribution in [0.25, 0.3) is 0 Å². The molecule has 0 aromatic carbocycles. The molecular weight excluding hydrogens is 212 g/mol. The first-order valence-electron chi connectivity index (χ1n) is 5.42. The Balaban J connectivity index is 2.51. The Bertz CT molecular complexity index is 313. The SMILES string of the molecule is CC(C)(C)S(=O)(=O)NCC1(CCN)CC1. The molecule has 4 nitrogen and oxygen atoms in total. The molecule has 0 radical (unpaired) electrons. The van der Waals surface area contributed by atoms with E-state index in [1.165, 1.54) is 0 Å². The van der Waals surface area contributed by atoms with Crippen LogP contribution in [0.4, 0.5) is 0 Å². The van der Waals surface area contributed by atoms with Crippen molar-refractivity contribution in [2.24, 2.45) is 11.1 Å². The summed E-state index contributed by atoms with van der Waals surface area (Å²) in [5, 5.41) is 0. The van der Waals surface area contributed by atoms with E-state index in [2.05, 4.69) is 4.72 Å². The number of nitrogens with one attached hydrogen (secondary N) is 1. The second kappa shape index (κ2) is 4.03. The molecular formula is C10H22N2O2S. The van der Waals surface area contributed by atoms with Gasteiger partial charge in [-0.2, -0.15) is 0 Å². The Hall–Kier alpha value is -0.130. The molecule has 1 fully saturated rings. The molecule has 1 aliphatic rings. The third kappa shape index (κ3) is 3.16. The molecule has 0 atom stereocenters. The number of hydrogen-bond donors (Lipinski definition) is 2. The third-order valence-corrected chi connectivity index (χ3v) is 5.21. The summed E-state index contributed by atoms with van der Waals surface area (Å²) in [5.74, 6) is 0. The van der Waals surface area contributed by atoms with Crippen LogP contribution in [0.1, 0.15) is 40.0 Å². The van der Waals surface area contributed by atoms with Crippen molar-refractivity contribution in [2.45, 2.75) is 44.8 Å². The van der Waals surface area contributed by atoms with Gasteiger partial charge in [-0.1, -0.05) is 0 Å². The minimum atomic E-state index is -3.20. The minimum absolute atomic E-state index is 0.160. The zero-order valence-electron chi connectivity index (χ0n) is 9.84. The van der Waals surface area contributed by atoms with Crippen LogP contribution in [0.5, 0.6) is 0 Å². The smallest absolute Gasteiger partial charge is 0.216 e. The summed E-state index contributed by atoms with van der Waals surface area (Å²) in [7, 11) is -3.20. The van der Waals surface area contributed by atoms with Gasteiger partial charge in [0.25, 0.3) is 0 Å². The van der Waals surface area contributed by atoms with Crippen LogP contribution in [0.3, 0.4) is 0 Å². The third-order valence-electron chi connectivity index (χ3n) is 3.08. The average Bonchev–Trinajstić information content (AvgIpc) is 2.81. The second-order valence-corrected chi connectivity index (χ2v) is 8.00. The zero-order chi connectivity index (χ0) is 11.7. The van der Waals surface area contributed by atoms with E-state index >= 15 is 0 Å². The van der Waals surface area contributed by atoms with E-state index in [0.717, 1.165) is 19.3 Å². The summed E-state index contributed by atoms with van der Waals surface area (Å²) < 4.78 is 25.5. The molecule has 90 valence electrons. The maximum Gasteiger partial charge on any atom is 0.216 e. The summed E-state index contributed by atoms with van der Waals surface area (Å²) in [5.41, 5.74) is 5.66. The van der Waals surface area contributed by atoms with Crippen LogP contribution in [0.15, 0.2) is 0 Å². The van der Waals surface area contributed by atoms with Crippen molar-refractivity contribution >= 4 is 10.0 Å². The monoisotopic (exact) mass is 234 g/mol. The van der Waals surface area contributed by atoms with E-state index in [4.69, 9.17) is 5.73 Å². The molecule has 0 aromatic heterocycles. The molecule has 0 heterocycles. The predicted octanol–water partition coefficient (Wildman–Crippen LogP) is 0.833. The molecule has 0 spiro atoms. The lowest BCUT2D eigenvalue weighted by atomic mass is 10.0. The lowest BCUT2D eigenvalue weighted by Crippen LogP contribution is -2.42. The van der Waals surface area contributed by atoms with Crippen molar-refractivity contribution in [3.8, 4) is 0 Å². The number of sulfonamides is 1. The van der Waals surface area contributed by atoms with E-state index < -0.39 is 14.8 Å². The number of hydrogen-bond acceptors (Lipinski definition) is 3. The van der Waals surface area contributed by atoms with Crippen LogP contribution in [0.2, 0.25) is 0 Å². The van der Waals surface area contributed by atoms with Crippen LogP contribution >= 0.6 is 0 Å². The maximum atomic E-state index is 11.8. The summed E-state index contributed by atoms with van der Waals surface area (Å²) in [4.78, 5) is 0. The molecule has 1 rings (SSSR count). The molecule has 0 unspecified atom stereocenters. The Morgan fingerprint density at radius 1 is 1.33 bits per heavy atom. The minimum Gasteiger partial charge on any atom is -0.330 e. The molecule has 15 heavy (non-hydrogen) atoms. The predicted molar refractivity (Wildman–Crippen MR) is 62.0 cm³/mol. The fraction of sp³-hybridized carbons (Fsp3) is 1.00. The van der Waals surface area contributed by atoms with Gasteiger partial charge < -0.3 is 5.73 Å². The van der Waals surface area contributed by atoms with E-state index in [9.17, 15) is 8.42 Å². The van der Waals surface area contributed by atoms with Gasteiger partial charge in [-0.05, 0) is 52.0 Å².